The quantitative estimate of drug-likeness (QED) is 0.251. The van der Waals surface area contributed by atoms with Gasteiger partial charge in [0.2, 0.25) is 0 Å². The first kappa shape index (κ1) is 24.6. The molecule has 2 aromatic heterocycles. The zero-order valence-corrected chi connectivity index (χ0v) is 21.0. The Labute approximate surface area is 197 Å². The van der Waals surface area contributed by atoms with E-state index in [9.17, 15) is 0 Å². The molecule has 0 unspecified atom stereocenters. The van der Waals surface area contributed by atoms with Crippen molar-refractivity contribution >= 4 is 29.9 Å². The van der Waals surface area contributed by atoms with Crippen LogP contribution in [0.15, 0.2) is 29.4 Å². The first-order valence-corrected chi connectivity index (χ1v) is 10.7. The van der Waals surface area contributed by atoms with Crippen LogP contribution in [0.2, 0.25) is 0 Å². The van der Waals surface area contributed by atoms with Gasteiger partial charge in [0.15, 0.2) is 11.8 Å². The minimum Gasteiger partial charge on any atom is -0.356 e. The summed E-state index contributed by atoms with van der Waals surface area (Å²) in [6, 6.07) is 6.14. The van der Waals surface area contributed by atoms with E-state index >= 15 is 0 Å². The third kappa shape index (κ3) is 7.23. The van der Waals surface area contributed by atoms with E-state index in [0.717, 1.165) is 54.2 Å². The fourth-order valence-electron chi connectivity index (χ4n) is 3.71. The van der Waals surface area contributed by atoms with Crippen molar-refractivity contribution < 1.29 is 0 Å². The van der Waals surface area contributed by atoms with Gasteiger partial charge in [-0.05, 0) is 76.4 Å². The Hall–Kier alpha value is -1.68. The molecule has 0 spiro atoms. The summed E-state index contributed by atoms with van der Waals surface area (Å²) in [4.78, 5) is 11.5. The summed E-state index contributed by atoms with van der Waals surface area (Å²) < 4.78 is 1.87. The van der Waals surface area contributed by atoms with Gasteiger partial charge in [-0.2, -0.15) is 5.10 Å². The Morgan fingerprint density at radius 2 is 1.97 bits per heavy atom. The monoisotopic (exact) mass is 525 g/mol. The SMILES string of the molecule is CN=C(NCCCN1CCC(C)CC1)NCc1ccc(-n2nc(C)cc2C)nc1.I. The summed E-state index contributed by atoms with van der Waals surface area (Å²) in [7, 11) is 1.81. The first-order valence-electron chi connectivity index (χ1n) is 10.7. The number of nitrogens with one attached hydrogen (secondary N) is 2. The molecule has 2 N–H and O–H groups in total. The first-order chi connectivity index (χ1) is 14.0. The minimum atomic E-state index is 0. The minimum absolute atomic E-state index is 0. The summed E-state index contributed by atoms with van der Waals surface area (Å²) in [6.45, 7) is 11.7. The molecular formula is C22H36IN7. The maximum atomic E-state index is 4.55. The van der Waals surface area contributed by atoms with Gasteiger partial charge in [0.25, 0.3) is 0 Å². The van der Waals surface area contributed by atoms with Gasteiger partial charge >= 0.3 is 0 Å². The molecule has 1 fully saturated rings. The van der Waals surface area contributed by atoms with E-state index in [1.165, 1.54) is 25.9 Å². The number of likely N-dealkylation sites (tertiary alicyclic amines) is 1. The summed E-state index contributed by atoms with van der Waals surface area (Å²) in [5, 5.41) is 11.3. The van der Waals surface area contributed by atoms with E-state index in [-0.39, 0.29) is 24.0 Å². The van der Waals surface area contributed by atoms with Gasteiger partial charge in [-0.3, -0.25) is 4.99 Å². The number of hydrogen-bond donors (Lipinski definition) is 2. The Morgan fingerprint density at radius 3 is 2.57 bits per heavy atom. The number of rotatable bonds is 7. The standard InChI is InChI=1S/C22H35N7.HI/c1-17-8-12-28(13-9-17)11-5-10-24-22(23-4)26-16-20-6-7-21(25-15-20)29-19(3)14-18(2)27-29;/h6-7,14-15,17H,5,8-13,16H2,1-4H3,(H2,23,24,26);1H. The molecule has 3 heterocycles. The lowest BCUT2D eigenvalue weighted by Crippen LogP contribution is -2.39. The van der Waals surface area contributed by atoms with Crippen LogP contribution in [0.4, 0.5) is 0 Å². The Bertz CT molecular complexity index is 792. The predicted molar refractivity (Wildman–Crippen MR) is 134 cm³/mol. The molecule has 1 aliphatic heterocycles. The number of halogens is 1. The maximum Gasteiger partial charge on any atom is 0.191 e. The van der Waals surface area contributed by atoms with Crippen LogP contribution in [-0.4, -0.2) is 58.9 Å². The predicted octanol–water partition coefficient (Wildman–Crippen LogP) is 3.29. The molecule has 1 aliphatic rings. The molecule has 0 radical (unpaired) electrons. The molecule has 8 heteroatoms. The Balaban J connectivity index is 0.00000320. The lowest BCUT2D eigenvalue weighted by atomic mass is 9.99. The van der Waals surface area contributed by atoms with E-state index in [1.807, 2.05) is 37.8 Å². The van der Waals surface area contributed by atoms with Crippen LogP contribution < -0.4 is 10.6 Å². The second-order valence-corrected chi connectivity index (χ2v) is 8.09. The molecule has 0 bridgehead atoms. The Morgan fingerprint density at radius 1 is 1.20 bits per heavy atom. The van der Waals surface area contributed by atoms with Crippen LogP contribution in [-0.2, 0) is 6.54 Å². The number of hydrogen-bond acceptors (Lipinski definition) is 4. The molecule has 7 nitrogen and oxygen atoms in total. The summed E-state index contributed by atoms with van der Waals surface area (Å²) in [5.74, 6) is 2.57. The lowest BCUT2D eigenvalue weighted by Gasteiger charge is -2.30. The van der Waals surface area contributed by atoms with E-state index in [4.69, 9.17) is 0 Å². The van der Waals surface area contributed by atoms with Crippen molar-refractivity contribution in [2.75, 3.05) is 33.2 Å². The number of guanidine groups is 1. The topological polar surface area (TPSA) is 70.4 Å². The van der Waals surface area contributed by atoms with Crippen LogP contribution in [0.3, 0.4) is 0 Å². The summed E-state index contributed by atoms with van der Waals surface area (Å²) >= 11 is 0. The molecule has 0 atom stereocenters. The van der Waals surface area contributed by atoms with Crippen LogP contribution in [0.1, 0.15) is 43.1 Å². The average Bonchev–Trinajstić information content (AvgIpc) is 3.07. The maximum absolute atomic E-state index is 4.55. The molecule has 1 saturated heterocycles. The fraction of sp³-hybridized carbons (Fsp3) is 0.591. The highest BCUT2D eigenvalue weighted by Gasteiger charge is 2.14. The molecule has 0 aromatic carbocycles. The van der Waals surface area contributed by atoms with Crippen molar-refractivity contribution in [2.45, 2.75) is 46.6 Å². The van der Waals surface area contributed by atoms with Gasteiger partial charge in [0.1, 0.15) is 0 Å². The normalized spacial score (nSPS) is 15.7. The zero-order chi connectivity index (χ0) is 20.6. The molecule has 3 rings (SSSR count). The lowest BCUT2D eigenvalue weighted by molar-refractivity contribution is 0.191. The molecule has 0 aliphatic carbocycles. The van der Waals surface area contributed by atoms with Crippen LogP contribution in [0, 0.1) is 19.8 Å². The van der Waals surface area contributed by atoms with Gasteiger partial charge in [0, 0.05) is 32.0 Å². The third-order valence-electron chi connectivity index (χ3n) is 5.54. The van der Waals surface area contributed by atoms with Crippen molar-refractivity contribution in [3.05, 3.63) is 41.3 Å². The summed E-state index contributed by atoms with van der Waals surface area (Å²) in [6.07, 6.45) is 5.70. The van der Waals surface area contributed by atoms with Crippen molar-refractivity contribution in [2.24, 2.45) is 10.9 Å². The number of aromatic nitrogens is 3. The smallest absolute Gasteiger partial charge is 0.191 e. The van der Waals surface area contributed by atoms with Gasteiger partial charge < -0.3 is 15.5 Å². The molecular weight excluding hydrogens is 489 g/mol. The highest BCUT2D eigenvalue weighted by molar-refractivity contribution is 14.0. The molecule has 0 amide bonds. The van der Waals surface area contributed by atoms with Crippen LogP contribution >= 0.6 is 24.0 Å². The molecule has 166 valence electrons. The van der Waals surface area contributed by atoms with Crippen molar-refractivity contribution in [1.82, 2.24) is 30.3 Å². The summed E-state index contributed by atoms with van der Waals surface area (Å²) in [5.41, 5.74) is 3.20. The average molecular weight is 525 g/mol. The van der Waals surface area contributed by atoms with Crippen molar-refractivity contribution in [3.8, 4) is 5.82 Å². The van der Waals surface area contributed by atoms with Crippen molar-refractivity contribution in [3.63, 3.8) is 0 Å². The largest absolute Gasteiger partial charge is 0.356 e. The highest BCUT2D eigenvalue weighted by atomic mass is 127. The number of nitrogens with zero attached hydrogens (tertiary/aromatic N) is 5. The van der Waals surface area contributed by atoms with Gasteiger partial charge in [-0.25, -0.2) is 9.67 Å². The molecule has 0 saturated carbocycles. The third-order valence-corrected chi connectivity index (χ3v) is 5.54. The fourth-order valence-corrected chi connectivity index (χ4v) is 3.71. The van der Waals surface area contributed by atoms with Crippen molar-refractivity contribution in [1.29, 1.82) is 0 Å². The van der Waals surface area contributed by atoms with E-state index in [0.29, 0.717) is 6.54 Å². The van der Waals surface area contributed by atoms with Gasteiger partial charge in [0.05, 0.1) is 5.69 Å². The van der Waals surface area contributed by atoms with E-state index in [1.54, 1.807) is 0 Å². The number of aliphatic imine (C=N–C) groups is 1. The van der Waals surface area contributed by atoms with Gasteiger partial charge in [-0.15, -0.1) is 24.0 Å². The van der Waals surface area contributed by atoms with Gasteiger partial charge in [-0.1, -0.05) is 13.0 Å². The molecule has 2 aromatic rings. The van der Waals surface area contributed by atoms with Crippen LogP contribution in [0.5, 0.6) is 0 Å². The van der Waals surface area contributed by atoms with E-state index in [2.05, 4.69) is 49.7 Å². The number of piperidine rings is 1. The second-order valence-electron chi connectivity index (χ2n) is 8.09. The van der Waals surface area contributed by atoms with Crippen LogP contribution in [0.25, 0.3) is 5.82 Å². The number of pyridine rings is 1. The second kappa shape index (κ2) is 12.2. The zero-order valence-electron chi connectivity index (χ0n) is 18.7. The number of aryl methyl sites for hydroxylation is 2. The highest BCUT2D eigenvalue weighted by Crippen LogP contribution is 2.15. The Kier molecular flexibility index (Phi) is 10.0. The molecule has 30 heavy (non-hydrogen) atoms. The van der Waals surface area contributed by atoms with E-state index < -0.39 is 0 Å².